The van der Waals surface area contributed by atoms with E-state index in [-0.39, 0.29) is 10.8 Å². The second-order valence-electron chi connectivity index (χ2n) is 5.23. The van der Waals surface area contributed by atoms with Gasteiger partial charge in [0.15, 0.2) is 0 Å². The van der Waals surface area contributed by atoms with Gasteiger partial charge in [-0.2, -0.15) is 0 Å². The summed E-state index contributed by atoms with van der Waals surface area (Å²) in [6.07, 6.45) is 1.59. The SMILES string of the molecule is Cc1cc(C)cc(N(C)S(=O)(=O)c2cc(CCl)n(C)c2)c1. The number of benzene rings is 1. The molecule has 0 radical (unpaired) electrons. The number of aromatic nitrogens is 1. The van der Waals surface area contributed by atoms with Gasteiger partial charge in [0, 0.05) is 26.0 Å². The van der Waals surface area contributed by atoms with E-state index < -0.39 is 10.0 Å². The molecule has 0 aliphatic rings. The van der Waals surface area contributed by atoms with Crippen LogP contribution in [0, 0.1) is 13.8 Å². The maximum atomic E-state index is 12.7. The van der Waals surface area contributed by atoms with E-state index in [1.165, 1.54) is 4.31 Å². The first kappa shape index (κ1) is 15.9. The molecule has 2 rings (SSSR count). The average molecular weight is 327 g/mol. The molecule has 6 heteroatoms. The van der Waals surface area contributed by atoms with Gasteiger partial charge in [-0.25, -0.2) is 8.42 Å². The maximum absolute atomic E-state index is 12.7. The zero-order chi connectivity index (χ0) is 15.8. The normalized spacial score (nSPS) is 11.7. The van der Waals surface area contributed by atoms with Crippen LogP contribution in [0.3, 0.4) is 0 Å². The van der Waals surface area contributed by atoms with Gasteiger partial charge >= 0.3 is 0 Å². The third kappa shape index (κ3) is 3.09. The van der Waals surface area contributed by atoms with Crippen LogP contribution in [-0.4, -0.2) is 20.0 Å². The molecule has 1 heterocycles. The minimum absolute atomic E-state index is 0.252. The summed E-state index contributed by atoms with van der Waals surface area (Å²) in [5.41, 5.74) is 3.48. The second-order valence-corrected chi connectivity index (χ2v) is 7.47. The molecule has 0 aliphatic heterocycles. The van der Waals surface area contributed by atoms with E-state index in [0.717, 1.165) is 16.8 Å². The van der Waals surface area contributed by atoms with Gasteiger partial charge in [0.05, 0.1) is 11.6 Å². The molecular weight excluding hydrogens is 308 g/mol. The first-order valence-electron chi connectivity index (χ1n) is 6.54. The minimum atomic E-state index is -3.58. The van der Waals surface area contributed by atoms with Crippen molar-refractivity contribution in [2.24, 2.45) is 7.05 Å². The fourth-order valence-electron chi connectivity index (χ4n) is 2.28. The standard InChI is InChI=1S/C15H19ClN2O2S/c1-11-5-12(2)7-13(6-11)18(4)21(19,20)15-8-14(9-16)17(3)10-15/h5-8,10H,9H2,1-4H3. The second kappa shape index (κ2) is 5.73. The number of sulfonamides is 1. The number of anilines is 1. The largest absolute Gasteiger partial charge is 0.352 e. The highest BCUT2D eigenvalue weighted by Crippen LogP contribution is 2.25. The molecular formula is C15H19ClN2O2S. The summed E-state index contributed by atoms with van der Waals surface area (Å²) in [7, 11) is -0.232. The lowest BCUT2D eigenvalue weighted by molar-refractivity contribution is 0.594. The zero-order valence-electron chi connectivity index (χ0n) is 12.6. The molecule has 1 aromatic heterocycles. The van der Waals surface area contributed by atoms with Crippen molar-refractivity contribution < 1.29 is 8.42 Å². The van der Waals surface area contributed by atoms with Gasteiger partial charge in [0.25, 0.3) is 10.0 Å². The van der Waals surface area contributed by atoms with Crippen molar-refractivity contribution in [3.8, 4) is 0 Å². The van der Waals surface area contributed by atoms with E-state index >= 15 is 0 Å². The molecule has 114 valence electrons. The Bertz CT molecular complexity index is 746. The van der Waals surface area contributed by atoms with Crippen molar-refractivity contribution in [2.75, 3.05) is 11.4 Å². The van der Waals surface area contributed by atoms with Gasteiger partial charge in [0.2, 0.25) is 0 Å². The first-order chi connectivity index (χ1) is 9.75. The average Bonchev–Trinajstić information content (AvgIpc) is 2.78. The predicted molar refractivity (Wildman–Crippen MR) is 86.5 cm³/mol. The van der Waals surface area contributed by atoms with Gasteiger partial charge < -0.3 is 4.57 Å². The van der Waals surface area contributed by atoms with Crippen molar-refractivity contribution >= 4 is 27.3 Å². The molecule has 0 N–H and O–H groups in total. The van der Waals surface area contributed by atoms with Gasteiger partial charge in [-0.05, 0) is 43.2 Å². The monoisotopic (exact) mass is 326 g/mol. The van der Waals surface area contributed by atoms with E-state index in [0.29, 0.717) is 5.69 Å². The van der Waals surface area contributed by atoms with Crippen molar-refractivity contribution in [1.29, 1.82) is 0 Å². The molecule has 1 aromatic carbocycles. The van der Waals surface area contributed by atoms with E-state index in [4.69, 9.17) is 11.6 Å². The third-order valence-electron chi connectivity index (χ3n) is 3.45. The van der Waals surface area contributed by atoms with E-state index in [9.17, 15) is 8.42 Å². The Morgan fingerprint density at radius 2 is 1.71 bits per heavy atom. The maximum Gasteiger partial charge on any atom is 0.265 e. The summed E-state index contributed by atoms with van der Waals surface area (Å²) in [6, 6.07) is 7.34. The molecule has 0 unspecified atom stereocenters. The van der Waals surface area contributed by atoms with Crippen LogP contribution in [0.4, 0.5) is 5.69 Å². The number of halogens is 1. The summed E-state index contributed by atoms with van der Waals surface area (Å²) < 4.78 is 28.4. The van der Waals surface area contributed by atoms with Gasteiger partial charge in [0.1, 0.15) is 4.90 Å². The Labute approximate surface area is 131 Å². The molecule has 21 heavy (non-hydrogen) atoms. The minimum Gasteiger partial charge on any atom is -0.352 e. The molecule has 0 amide bonds. The summed E-state index contributed by atoms with van der Waals surface area (Å²) in [6.45, 7) is 3.90. The fraction of sp³-hybridized carbons (Fsp3) is 0.333. The smallest absolute Gasteiger partial charge is 0.265 e. The van der Waals surface area contributed by atoms with Crippen LogP contribution in [-0.2, 0) is 23.0 Å². The van der Waals surface area contributed by atoms with Gasteiger partial charge in [-0.1, -0.05) is 6.07 Å². The summed E-state index contributed by atoms with van der Waals surface area (Å²) in [4.78, 5) is 0.252. The van der Waals surface area contributed by atoms with Crippen LogP contribution in [0.2, 0.25) is 0 Å². The third-order valence-corrected chi connectivity index (χ3v) is 5.47. The number of alkyl halides is 1. The fourth-order valence-corrected chi connectivity index (χ4v) is 3.82. The molecule has 0 saturated heterocycles. The van der Waals surface area contributed by atoms with E-state index in [1.807, 2.05) is 32.0 Å². The van der Waals surface area contributed by atoms with Crippen LogP contribution in [0.5, 0.6) is 0 Å². The topological polar surface area (TPSA) is 42.3 Å². The van der Waals surface area contributed by atoms with E-state index in [2.05, 4.69) is 0 Å². The highest BCUT2D eigenvalue weighted by atomic mass is 35.5. The van der Waals surface area contributed by atoms with Crippen LogP contribution in [0.15, 0.2) is 35.4 Å². The highest BCUT2D eigenvalue weighted by Gasteiger charge is 2.23. The zero-order valence-corrected chi connectivity index (χ0v) is 14.2. The quantitative estimate of drug-likeness (QED) is 0.810. The molecule has 2 aromatic rings. The molecule has 0 bridgehead atoms. The van der Waals surface area contributed by atoms with Gasteiger partial charge in [-0.15, -0.1) is 11.6 Å². The number of aryl methyl sites for hydroxylation is 3. The van der Waals surface area contributed by atoms with Crippen LogP contribution >= 0.6 is 11.6 Å². The highest BCUT2D eigenvalue weighted by molar-refractivity contribution is 7.92. The molecule has 0 fully saturated rings. The number of hydrogen-bond donors (Lipinski definition) is 0. The number of hydrogen-bond acceptors (Lipinski definition) is 2. The Hall–Kier alpha value is -1.46. The molecule has 0 spiro atoms. The van der Waals surface area contributed by atoms with E-state index in [1.54, 1.807) is 30.9 Å². The van der Waals surface area contributed by atoms with Crippen molar-refractivity contribution in [2.45, 2.75) is 24.6 Å². The number of nitrogens with zero attached hydrogens (tertiary/aromatic N) is 2. The van der Waals surface area contributed by atoms with Crippen LogP contribution in [0.25, 0.3) is 0 Å². The predicted octanol–water partition coefficient (Wildman–Crippen LogP) is 3.21. The lowest BCUT2D eigenvalue weighted by Gasteiger charge is -2.19. The summed E-state index contributed by atoms with van der Waals surface area (Å²) >= 11 is 5.80. The summed E-state index contributed by atoms with van der Waals surface area (Å²) in [5, 5.41) is 0. The molecule has 0 saturated carbocycles. The van der Waals surface area contributed by atoms with Gasteiger partial charge in [-0.3, -0.25) is 4.31 Å². The van der Waals surface area contributed by atoms with Crippen LogP contribution in [0.1, 0.15) is 16.8 Å². The Morgan fingerprint density at radius 1 is 1.14 bits per heavy atom. The lowest BCUT2D eigenvalue weighted by Crippen LogP contribution is -2.26. The van der Waals surface area contributed by atoms with Crippen molar-refractivity contribution in [3.05, 3.63) is 47.3 Å². The Balaban J connectivity index is 2.46. The summed E-state index contributed by atoms with van der Waals surface area (Å²) in [5.74, 6) is 0.277. The van der Waals surface area contributed by atoms with Crippen molar-refractivity contribution in [1.82, 2.24) is 4.57 Å². The molecule has 0 aliphatic carbocycles. The lowest BCUT2D eigenvalue weighted by atomic mass is 10.1. The van der Waals surface area contributed by atoms with Crippen LogP contribution < -0.4 is 4.31 Å². The number of rotatable bonds is 4. The molecule has 4 nitrogen and oxygen atoms in total. The first-order valence-corrected chi connectivity index (χ1v) is 8.51. The Morgan fingerprint density at radius 3 is 2.19 bits per heavy atom. The Kier molecular flexibility index (Phi) is 4.35. The molecule has 0 atom stereocenters. The van der Waals surface area contributed by atoms with Crippen molar-refractivity contribution in [3.63, 3.8) is 0 Å².